The summed E-state index contributed by atoms with van der Waals surface area (Å²) in [6.07, 6.45) is 1.76. The van der Waals surface area contributed by atoms with Crippen LogP contribution in [0.25, 0.3) is 88.6 Å². The van der Waals surface area contributed by atoms with Gasteiger partial charge in [-0.25, -0.2) is 9.97 Å². The Morgan fingerprint density at radius 2 is 1.30 bits per heavy atom. The number of para-hydroxylation sites is 2. The van der Waals surface area contributed by atoms with Crippen LogP contribution < -0.4 is 4.74 Å². The van der Waals surface area contributed by atoms with Gasteiger partial charge in [0.2, 0.25) is 0 Å². The van der Waals surface area contributed by atoms with E-state index in [1.54, 1.807) is 6.26 Å². The average molecular weight is 795 g/mol. The highest BCUT2D eigenvalue weighted by Gasteiger charge is 2.25. The van der Waals surface area contributed by atoms with Gasteiger partial charge in [-0.2, -0.15) is 0 Å². The third-order valence-electron chi connectivity index (χ3n) is 12.5. The molecule has 7 aromatic carbocycles. The number of pyridine rings is 1. The van der Waals surface area contributed by atoms with Crippen LogP contribution in [0, 0.1) is 20.8 Å². The van der Waals surface area contributed by atoms with E-state index >= 15 is 0 Å². The maximum Gasteiger partial charge on any atom is 0.160 e. The lowest BCUT2D eigenvalue weighted by atomic mass is 9.88. The van der Waals surface area contributed by atoms with E-state index in [1.165, 1.54) is 49.8 Å². The maximum atomic E-state index is 6.88. The molecule has 0 aliphatic carbocycles. The average Bonchev–Trinajstić information content (AvgIpc) is 4.00. The highest BCUT2D eigenvalue weighted by molar-refractivity contribution is 6.17. The second-order valence-electron chi connectivity index (χ2n) is 17.2. The Hall–Kier alpha value is -7.18. The molecule has 0 aliphatic rings. The molecule has 0 bridgehead atoms. The van der Waals surface area contributed by atoms with Crippen molar-refractivity contribution >= 4 is 60.4 Å². The van der Waals surface area contributed by atoms with E-state index < -0.39 is 0 Å². The number of aryl methyl sites for hydroxylation is 3. The normalized spacial score (nSPS) is 12.1. The fraction of sp³-hybridized carbons (Fsp3) is 0.164. The van der Waals surface area contributed by atoms with Gasteiger partial charge < -0.3 is 9.15 Å². The number of imidazole rings is 2. The Bertz CT molecular complexity index is 3520. The molecule has 0 unspecified atom stereocenters. The molecule has 0 amide bonds. The minimum Gasteiger partial charge on any atom is -0.462 e. The third-order valence-corrected chi connectivity index (χ3v) is 12.5. The van der Waals surface area contributed by atoms with Crippen LogP contribution in [-0.2, 0) is 0 Å². The number of hydrogen-bond acceptors (Lipinski definition) is 4. The SMILES string of the molecule is Cc1cc2c3c(C)cc(Oc4cccc(-c5nc6ccccc6n5-c5c(C(C)C)cc(-c6ccccc6)cc5C(C)C)c4)cc3c3nc4ccc5ccoc5c4n3c2cc1C. The molecule has 11 rings (SSSR count). The maximum absolute atomic E-state index is 6.88. The Labute approximate surface area is 354 Å². The summed E-state index contributed by atoms with van der Waals surface area (Å²) in [4.78, 5) is 10.6. The number of aromatic nitrogens is 4. The molecule has 0 N–H and O–H groups in total. The Morgan fingerprint density at radius 1 is 0.557 bits per heavy atom. The standard InChI is InChI=1S/C55H46N4O2/c1-31(2)42-28-39(36-14-9-8-10-15-36)29-43(32(3)4)51(42)58-48-19-12-11-18-46(48)56-54(58)38-16-13-17-40(27-38)61-41-24-35(7)50-44-25-33(5)34(6)26-49(44)59-52-47(57-55(59)45(50)30-41)21-20-37-22-23-60-53(37)52/h8-32H,1-7H3. The highest BCUT2D eigenvalue weighted by atomic mass is 16.5. The number of benzene rings is 7. The van der Waals surface area contributed by atoms with Crippen molar-refractivity contribution in [3.8, 4) is 39.7 Å². The molecule has 6 heteroatoms. The lowest BCUT2D eigenvalue weighted by Crippen LogP contribution is -2.09. The van der Waals surface area contributed by atoms with E-state index in [9.17, 15) is 0 Å². The quantitative estimate of drug-likeness (QED) is 0.151. The van der Waals surface area contributed by atoms with Crippen molar-refractivity contribution in [3.05, 3.63) is 168 Å². The fourth-order valence-electron chi connectivity index (χ4n) is 9.43. The van der Waals surface area contributed by atoms with Crippen molar-refractivity contribution in [1.82, 2.24) is 18.9 Å². The van der Waals surface area contributed by atoms with Gasteiger partial charge in [0.05, 0.1) is 34.0 Å². The van der Waals surface area contributed by atoms with Gasteiger partial charge in [0.25, 0.3) is 0 Å². The highest BCUT2D eigenvalue weighted by Crippen LogP contribution is 2.43. The summed E-state index contributed by atoms with van der Waals surface area (Å²) in [7, 11) is 0. The van der Waals surface area contributed by atoms with Crippen LogP contribution in [0.5, 0.6) is 11.5 Å². The van der Waals surface area contributed by atoms with Gasteiger partial charge in [0.1, 0.15) is 28.5 Å². The first kappa shape index (κ1) is 36.9. The molecule has 61 heavy (non-hydrogen) atoms. The molecule has 0 saturated heterocycles. The smallest absolute Gasteiger partial charge is 0.160 e. The Kier molecular flexibility index (Phi) is 8.43. The van der Waals surface area contributed by atoms with Crippen molar-refractivity contribution < 1.29 is 9.15 Å². The van der Waals surface area contributed by atoms with Crippen LogP contribution in [0.15, 0.2) is 144 Å². The molecule has 0 atom stereocenters. The van der Waals surface area contributed by atoms with Gasteiger partial charge in [-0.15, -0.1) is 0 Å². The van der Waals surface area contributed by atoms with E-state index in [2.05, 4.69) is 179 Å². The molecular formula is C55H46N4O2. The summed E-state index contributed by atoms with van der Waals surface area (Å²) in [5.74, 6) is 2.90. The number of nitrogens with zero attached hydrogens (tertiary/aromatic N) is 4. The predicted molar refractivity (Wildman–Crippen MR) is 252 cm³/mol. The van der Waals surface area contributed by atoms with Gasteiger partial charge in [0, 0.05) is 21.7 Å². The molecule has 298 valence electrons. The first-order chi connectivity index (χ1) is 29.6. The van der Waals surface area contributed by atoms with E-state index in [0.29, 0.717) is 0 Å². The fourth-order valence-corrected chi connectivity index (χ4v) is 9.43. The molecule has 4 heterocycles. The van der Waals surface area contributed by atoms with E-state index in [4.69, 9.17) is 19.1 Å². The zero-order valence-electron chi connectivity index (χ0n) is 35.5. The van der Waals surface area contributed by atoms with Crippen LogP contribution in [0.3, 0.4) is 0 Å². The zero-order chi connectivity index (χ0) is 41.7. The van der Waals surface area contributed by atoms with Crippen LogP contribution in [0.1, 0.15) is 67.3 Å². The molecule has 11 aromatic rings. The largest absolute Gasteiger partial charge is 0.462 e. The predicted octanol–water partition coefficient (Wildman–Crippen LogP) is 15.2. The summed E-state index contributed by atoms with van der Waals surface area (Å²) in [5, 5.41) is 4.43. The first-order valence-electron chi connectivity index (χ1n) is 21.3. The summed E-state index contributed by atoms with van der Waals surface area (Å²) < 4.78 is 17.7. The van der Waals surface area contributed by atoms with Gasteiger partial charge in [-0.05, 0) is 156 Å². The molecule has 0 radical (unpaired) electrons. The Morgan fingerprint density at radius 3 is 2.08 bits per heavy atom. The van der Waals surface area contributed by atoms with E-state index in [0.717, 1.165) is 78.0 Å². The summed E-state index contributed by atoms with van der Waals surface area (Å²) >= 11 is 0. The van der Waals surface area contributed by atoms with Crippen molar-refractivity contribution in [2.45, 2.75) is 60.3 Å². The molecule has 0 aliphatic heterocycles. The van der Waals surface area contributed by atoms with Crippen molar-refractivity contribution in [2.24, 2.45) is 0 Å². The molecular weight excluding hydrogens is 749 g/mol. The second kappa shape index (κ2) is 14.0. The zero-order valence-corrected chi connectivity index (χ0v) is 35.5. The monoisotopic (exact) mass is 794 g/mol. The minimum atomic E-state index is 0.269. The number of hydrogen-bond donors (Lipinski definition) is 0. The van der Waals surface area contributed by atoms with Gasteiger partial charge in [0.15, 0.2) is 5.58 Å². The molecule has 6 nitrogen and oxygen atoms in total. The third kappa shape index (κ3) is 5.84. The van der Waals surface area contributed by atoms with E-state index in [1.807, 2.05) is 12.1 Å². The van der Waals surface area contributed by atoms with E-state index in [-0.39, 0.29) is 11.8 Å². The molecule has 0 spiro atoms. The number of furan rings is 1. The summed E-state index contributed by atoms with van der Waals surface area (Å²) in [6, 6.07) is 47.4. The summed E-state index contributed by atoms with van der Waals surface area (Å²) in [6.45, 7) is 15.7. The minimum absolute atomic E-state index is 0.269. The number of ether oxygens (including phenoxy) is 1. The Balaban J connectivity index is 1.09. The number of rotatable bonds is 7. The van der Waals surface area contributed by atoms with Crippen LogP contribution >= 0.6 is 0 Å². The van der Waals surface area contributed by atoms with Crippen LogP contribution in [0.4, 0.5) is 0 Å². The number of fused-ring (bicyclic) bond motifs is 11. The molecule has 0 saturated carbocycles. The van der Waals surface area contributed by atoms with Crippen molar-refractivity contribution in [2.75, 3.05) is 0 Å². The van der Waals surface area contributed by atoms with Crippen LogP contribution in [-0.4, -0.2) is 18.9 Å². The summed E-state index contributed by atoms with van der Waals surface area (Å²) in [5.41, 5.74) is 17.5. The van der Waals surface area contributed by atoms with Gasteiger partial charge in [-0.3, -0.25) is 8.97 Å². The van der Waals surface area contributed by atoms with Gasteiger partial charge >= 0.3 is 0 Å². The molecule has 4 aromatic heterocycles. The van der Waals surface area contributed by atoms with Crippen molar-refractivity contribution in [3.63, 3.8) is 0 Å². The lowest BCUT2D eigenvalue weighted by molar-refractivity contribution is 0.483. The molecule has 0 fully saturated rings. The first-order valence-corrected chi connectivity index (χ1v) is 21.3. The lowest BCUT2D eigenvalue weighted by Gasteiger charge is -2.24. The van der Waals surface area contributed by atoms with Crippen molar-refractivity contribution in [1.29, 1.82) is 0 Å². The topological polar surface area (TPSA) is 57.5 Å². The van der Waals surface area contributed by atoms with Gasteiger partial charge in [-0.1, -0.05) is 82.3 Å². The second-order valence-corrected chi connectivity index (χ2v) is 17.2. The van der Waals surface area contributed by atoms with Crippen LogP contribution in [0.2, 0.25) is 0 Å².